The summed E-state index contributed by atoms with van der Waals surface area (Å²) in [5.41, 5.74) is 4.77. The van der Waals surface area contributed by atoms with Gasteiger partial charge in [0.05, 0.1) is 12.6 Å². The maximum Gasteiger partial charge on any atom is 0.407 e. The van der Waals surface area contributed by atoms with Crippen LogP contribution in [0.3, 0.4) is 0 Å². The van der Waals surface area contributed by atoms with Crippen LogP contribution >= 0.6 is 0 Å². The minimum atomic E-state index is -0.443. The van der Waals surface area contributed by atoms with Crippen LogP contribution in [0, 0.1) is 17.8 Å². The molecule has 2 atom stereocenters. The van der Waals surface area contributed by atoms with Crippen LogP contribution in [-0.4, -0.2) is 56.4 Å². The highest BCUT2D eigenvalue weighted by Crippen LogP contribution is 2.44. The number of ether oxygens (including phenoxy) is 2. The van der Waals surface area contributed by atoms with Crippen molar-refractivity contribution in [2.75, 3.05) is 33.4 Å². The van der Waals surface area contributed by atoms with E-state index in [2.05, 4.69) is 41.4 Å². The molecular weight excluding hydrogens is 404 g/mol. The van der Waals surface area contributed by atoms with Crippen molar-refractivity contribution in [3.05, 3.63) is 59.7 Å². The molecule has 0 bridgehead atoms. The summed E-state index contributed by atoms with van der Waals surface area (Å²) in [6.07, 6.45) is 0.343. The van der Waals surface area contributed by atoms with Gasteiger partial charge in [0.15, 0.2) is 0 Å². The number of hydrogen-bond acceptors (Lipinski definition) is 4. The quantitative estimate of drug-likeness (QED) is 0.711. The number of fused-ring (bicyclic) bond motifs is 3. The first kappa shape index (κ1) is 21.9. The van der Waals surface area contributed by atoms with E-state index in [0.29, 0.717) is 19.7 Å². The van der Waals surface area contributed by atoms with E-state index in [9.17, 15) is 9.59 Å². The third-order valence-corrected chi connectivity index (χ3v) is 6.37. The van der Waals surface area contributed by atoms with Gasteiger partial charge < -0.3 is 19.7 Å². The molecule has 0 saturated carbocycles. The van der Waals surface area contributed by atoms with E-state index in [-0.39, 0.29) is 30.4 Å². The number of carbonyl (C=O) groups excluding carboxylic acids is 2. The van der Waals surface area contributed by atoms with Gasteiger partial charge in [-0.2, -0.15) is 0 Å². The Morgan fingerprint density at radius 2 is 1.72 bits per heavy atom. The van der Waals surface area contributed by atoms with Crippen molar-refractivity contribution < 1.29 is 19.1 Å². The van der Waals surface area contributed by atoms with Crippen LogP contribution in [0.5, 0.6) is 0 Å². The van der Waals surface area contributed by atoms with Crippen molar-refractivity contribution in [2.45, 2.75) is 25.3 Å². The maximum absolute atomic E-state index is 12.5. The van der Waals surface area contributed by atoms with Gasteiger partial charge in [-0.05, 0) is 41.5 Å². The van der Waals surface area contributed by atoms with Gasteiger partial charge in [-0.15, -0.1) is 0 Å². The minimum absolute atomic E-state index is 0.0293. The van der Waals surface area contributed by atoms with Gasteiger partial charge in [0.1, 0.15) is 6.61 Å². The summed E-state index contributed by atoms with van der Waals surface area (Å²) in [5.74, 6) is 5.18. The molecule has 1 heterocycles. The second-order valence-electron chi connectivity index (χ2n) is 8.15. The summed E-state index contributed by atoms with van der Waals surface area (Å²) in [6.45, 7) is 3.37. The molecular formula is C26H28N2O4. The molecule has 1 aliphatic heterocycles. The number of alkyl carbamates (subject to hydrolysis) is 1. The van der Waals surface area contributed by atoms with E-state index in [1.807, 2.05) is 24.3 Å². The van der Waals surface area contributed by atoms with Crippen LogP contribution in [0.4, 0.5) is 4.79 Å². The fourth-order valence-electron chi connectivity index (χ4n) is 4.85. The molecule has 0 spiro atoms. The number of likely N-dealkylation sites (tertiary alicyclic amines) is 1. The van der Waals surface area contributed by atoms with E-state index in [1.165, 1.54) is 22.3 Å². The zero-order valence-corrected chi connectivity index (χ0v) is 18.5. The summed E-state index contributed by atoms with van der Waals surface area (Å²) in [7, 11) is 1.61. The van der Waals surface area contributed by atoms with Crippen molar-refractivity contribution in [3.63, 3.8) is 0 Å². The lowest BCUT2D eigenvalue weighted by atomic mass is 9.98. The van der Waals surface area contributed by atoms with Crippen molar-refractivity contribution in [2.24, 2.45) is 5.92 Å². The van der Waals surface area contributed by atoms with Crippen LogP contribution in [0.15, 0.2) is 48.5 Å². The fourth-order valence-corrected chi connectivity index (χ4v) is 4.85. The number of amides is 2. The number of nitrogens with zero attached hydrogens (tertiary/aromatic N) is 1. The molecule has 2 aromatic rings. The predicted octanol–water partition coefficient (Wildman–Crippen LogP) is 3.41. The molecule has 1 N–H and O–H groups in total. The van der Waals surface area contributed by atoms with Gasteiger partial charge in [-0.25, -0.2) is 4.79 Å². The number of nitrogens with one attached hydrogen (secondary N) is 1. The second kappa shape index (κ2) is 9.88. The summed E-state index contributed by atoms with van der Waals surface area (Å²) in [5, 5.41) is 2.89. The fraction of sp³-hybridized carbons (Fsp3) is 0.385. The Labute approximate surface area is 188 Å². The Hall–Kier alpha value is -3.30. The second-order valence-corrected chi connectivity index (χ2v) is 8.15. The molecule has 1 aliphatic carbocycles. The molecule has 32 heavy (non-hydrogen) atoms. The molecule has 166 valence electrons. The lowest BCUT2D eigenvalue weighted by Crippen LogP contribution is -2.43. The number of carbonyl (C=O) groups is 2. The predicted molar refractivity (Wildman–Crippen MR) is 122 cm³/mol. The molecule has 1 saturated heterocycles. The minimum Gasteiger partial charge on any atom is -0.449 e. The Morgan fingerprint density at radius 1 is 1.06 bits per heavy atom. The van der Waals surface area contributed by atoms with Crippen molar-refractivity contribution in [3.8, 4) is 23.0 Å². The lowest BCUT2D eigenvalue weighted by molar-refractivity contribution is -0.127. The van der Waals surface area contributed by atoms with Crippen LogP contribution in [-0.2, 0) is 14.3 Å². The van der Waals surface area contributed by atoms with Crippen molar-refractivity contribution >= 4 is 12.0 Å². The first-order valence-corrected chi connectivity index (χ1v) is 10.9. The van der Waals surface area contributed by atoms with E-state index in [4.69, 9.17) is 9.47 Å². The largest absolute Gasteiger partial charge is 0.449 e. The van der Waals surface area contributed by atoms with Gasteiger partial charge in [-0.1, -0.05) is 54.5 Å². The Morgan fingerprint density at radius 3 is 2.34 bits per heavy atom. The van der Waals surface area contributed by atoms with Crippen molar-refractivity contribution in [1.82, 2.24) is 10.2 Å². The number of methoxy groups -OCH3 is 1. The van der Waals surface area contributed by atoms with E-state index < -0.39 is 6.09 Å². The summed E-state index contributed by atoms with van der Waals surface area (Å²) in [6, 6.07) is 16.4. The van der Waals surface area contributed by atoms with Crippen LogP contribution in [0.1, 0.15) is 30.4 Å². The Kier molecular flexibility index (Phi) is 6.77. The molecule has 2 amide bonds. The number of rotatable bonds is 6. The molecule has 6 nitrogen and oxygen atoms in total. The smallest absolute Gasteiger partial charge is 0.407 e. The average molecular weight is 433 g/mol. The van der Waals surface area contributed by atoms with E-state index >= 15 is 0 Å². The first-order chi connectivity index (χ1) is 15.6. The van der Waals surface area contributed by atoms with Crippen LogP contribution in [0.2, 0.25) is 0 Å². The van der Waals surface area contributed by atoms with E-state index in [1.54, 1.807) is 18.9 Å². The monoisotopic (exact) mass is 432 g/mol. The summed E-state index contributed by atoms with van der Waals surface area (Å²) < 4.78 is 10.9. The molecule has 0 radical (unpaired) electrons. The highest BCUT2D eigenvalue weighted by Gasteiger charge is 2.37. The first-order valence-electron chi connectivity index (χ1n) is 10.9. The normalized spacial score (nSPS) is 19.0. The highest BCUT2D eigenvalue weighted by molar-refractivity contribution is 5.93. The lowest BCUT2D eigenvalue weighted by Gasteiger charge is -2.26. The number of hydrogen-bond donors (Lipinski definition) is 1. The summed E-state index contributed by atoms with van der Waals surface area (Å²) in [4.78, 5) is 26.5. The highest BCUT2D eigenvalue weighted by atomic mass is 16.5. The average Bonchev–Trinajstić information content (AvgIpc) is 3.36. The zero-order valence-electron chi connectivity index (χ0n) is 18.5. The standard InChI is InChI=1S/C26H28N2O4/c1-3-8-25(29)28-14-13-18(24(28)17-31-2)15-27-26(30)32-16-23-21-11-6-4-9-19(21)20-10-5-7-12-22(20)23/h4-7,9-12,18,23-24H,13-17H2,1-2H3,(H,27,30)/t18-,24+/m0/s1. The van der Waals surface area contributed by atoms with Crippen molar-refractivity contribution in [1.29, 1.82) is 0 Å². The molecule has 6 heteroatoms. The Bertz CT molecular complexity index is 1010. The van der Waals surface area contributed by atoms with Gasteiger partial charge >= 0.3 is 6.09 Å². The Balaban J connectivity index is 1.35. The maximum atomic E-state index is 12.5. The van der Waals surface area contributed by atoms with Gasteiger partial charge in [0, 0.05) is 32.0 Å². The third-order valence-electron chi connectivity index (χ3n) is 6.37. The molecule has 4 rings (SSSR count). The topological polar surface area (TPSA) is 67.9 Å². The molecule has 1 fully saturated rings. The molecule has 2 aliphatic rings. The SMILES string of the molecule is CC#CC(=O)N1CC[C@@H](CNC(=O)OCC2c3ccccc3-c3ccccc32)[C@H]1COC. The molecule has 2 aromatic carbocycles. The number of benzene rings is 2. The zero-order chi connectivity index (χ0) is 22.5. The van der Waals surface area contributed by atoms with Gasteiger partial charge in [0.25, 0.3) is 5.91 Å². The third kappa shape index (κ3) is 4.35. The van der Waals surface area contributed by atoms with Gasteiger partial charge in [0.2, 0.25) is 0 Å². The summed E-state index contributed by atoms with van der Waals surface area (Å²) >= 11 is 0. The molecule has 0 unspecified atom stereocenters. The van der Waals surface area contributed by atoms with Crippen LogP contribution < -0.4 is 5.32 Å². The van der Waals surface area contributed by atoms with Crippen LogP contribution in [0.25, 0.3) is 11.1 Å². The van der Waals surface area contributed by atoms with Gasteiger partial charge in [-0.3, -0.25) is 4.79 Å². The molecule has 0 aromatic heterocycles. The van der Waals surface area contributed by atoms with E-state index in [0.717, 1.165) is 6.42 Å².